The fraction of sp³-hybridized carbons (Fsp3) is 0.381. The quantitative estimate of drug-likeness (QED) is 0.504. The van der Waals surface area contributed by atoms with Gasteiger partial charge in [-0.2, -0.15) is 5.26 Å². The molecule has 0 saturated carbocycles. The summed E-state index contributed by atoms with van der Waals surface area (Å²) in [6.07, 6.45) is 5.77. The largest absolute Gasteiger partial charge is 0.465 e. The molecule has 1 unspecified atom stereocenters. The molecule has 1 N–H and O–H groups in total. The van der Waals surface area contributed by atoms with Crippen molar-refractivity contribution in [1.82, 2.24) is 0 Å². The molecule has 0 fully saturated rings. The molecule has 0 spiro atoms. The van der Waals surface area contributed by atoms with Crippen LogP contribution in [-0.4, -0.2) is 11.4 Å². The van der Waals surface area contributed by atoms with E-state index in [-0.39, 0.29) is 0 Å². The van der Waals surface area contributed by atoms with Gasteiger partial charge in [0.15, 0.2) is 6.29 Å². The average molecular weight is 323 g/mol. The molecule has 0 saturated heterocycles. The lowest BCUT2D eigenvalue weighted by Crippen LogP contribution is -2.15. The summed E-state index contributed by atoms with van der Waals surface area (Å²) in [6.45, 7) is 2.19. The third-order valence-corrected chi connectivity index (χ3v) is 4.03. The van der Waals surface area contributed by atoms with Gasteiger partial charge in [-0.3, -0.25) is 0 Å². The van der Waals surface area contributed by atoms with Crippen LogP contribution in [0.1, 0.15) is 51.0 Å². The van der Waals surface area contributed by atoms with Crippen molar-refractivity contribution in [1.29, 1.82) is 5.26 Å². The molecule has 2 aromatic rings. The Labute approximate surface area is 144 Å². The van der Waals surface area contributed by atoms with E-state index in [1.807, 2.05) is 48.5 Å². The van der Waals surface area contributed by atoms with Crippen molar-refractivity contribution in [2.75, 3.05) is 0 Å². The van der Waals surface area contributed by atoms with Gasteiger partial charge in [-0.15, -0.1) is 0 Å². The molecular weight excluding hydrogens is 298 g/mol. The fourth-order valence-corrected chi connectivity index (χ4v) is 2.60. The van der Waals surface area contributed by atoms with E-state index >= 15 is 0 Å². The molecule has 0 aromatic heterocycles. The van der Waals surface area contributed by atoms with Gasteiger partial charge in [0, 0.05) is 6.42 Å². The molecule has 0 bridgehead atoms. The summed E-state index contributed by atoms with van der Waals surface area (Å²) in [5.41, 5.74) is 2.76. The molecule has 0 amide bonds. The van der Waals surface area contributed by atoms with Crippen molar-refractivity contribution in [2.45, 2.75) is 51.7 Å². The normalized spacial score (nSPS) is 11.7. The minimum atomic E-state index is -0.743. The molecule has 24 heavy (non-hydrogen) atoms. The molecular formula is C21H25NO2. The molecule has 3 nitrogen and oxygen atoms in total. The number of nitriles is 1. The summed E-state index contributed by atoms with van der Waals surface area (Å²) in [6, 6.07) is 17.3. The maximum Gasteiger partial charge on any atom is 0.197 e. The number of benzene rings is 2. The standard InChI is InChI=1S/C21H25NO2/c1-2-3-4-5-6-7-21(23)24-20-14-12-19(13-15-20)18-10-8-17(16-22)9-11-18/h8-15,21,23H,2-7H2,1H3. The second kappa shape index (κ2) is 9.75. The number of unbranched alkanes of at least 4 members (excludes halogenated alkanes) is 4. The molecule has 3 heteroatoms. The first-order valence-electron chi connectivity index (χ1n) is 8.68. The van der Waals surface area contributed by atoms with Gasteiger partial charge in [-0.05, 0) is 41.8 Å². The molecule has 0 heterocycles. The maximum absolute atomic E-state index is 9.95. The SMILES string of the molecule is CCCCCCCC(O)Oc1ccc(-c2ccc(C#N)cc2)cc1. The summed E-state index contributed by atoms with van der Waals surface area (Å²) >= 11 is 0. The fourth-order valence-electron chi connectivity index (χ4n) is 2.60. The van der Waals surface area contributed by atoms with Crippen LogP contribution in [0.5, 0.6) is 5.75 Å². The third kappa shape index (κ3) is 5.72. The van der Waals surface area contributed by atoms with Crippen LogP contribution < -0.4 is 4.74 Å². The Morgan fingerprint density at radius 3 is 2.08 bits per heavy atom. The summed E-state index contributed by atoms with van der Waals surface area (Å²) in [5, 5.41) is 18.8. The summed E-state index contributed by atoms with van der Waals surface area (Å²) in [7, 11) is 0. The van der Waals surface area contributed by atoms with E-state index in [1.54, 1.807) is 0 Å². The lowest BCUT2D eigenvalue weighted by Gasteiger charge is -2.14. The van der Waals surface area contributed by atoms with Gasteiger partial charge in [0.05, 0.1) is 11.6 Å². The first-order valence-corrected chi connectivity index (χ1v) is 8.68. The van der Waals surface area contributed by atoms with Crippen molar-refractivity contribution >= 4 is 0 Å². The zero-order valence-electron chi connectivity index (χ0n) is 14.2. The smallest absolute Gasteiger partial charge is 0.197 e. The van der Waals surface area contributed by atoms with Crippen LogP contribution in [0.2, 0.25) is 0 Å². The highest BCUT2D eigenvalue weighted by Gasteiger charge is 2.06. The molecule has 126 valence electrons. The average Bonchev–Trinajstić information content (AvgIpc) is 2.62. The van der Waals surface area contributed by atoms with Gasteiger partial charge >= 0.3 is 0 Å². The minimum absolute atomic E-state index is 0.653. The highest BCUT2D eigenvalue weighted by molar-refractivity contribution is 5.64. The van der Waals surface area contributed by atoms with E-state index in [1.165, 1.54) is 19.3 Å². The van der Waals surface area contributed by atoms with Crippen molar-refractivity contribution in [3.05, 3.63) is 54.1 Å². The Bertz CT molecular complexity index is 641. The first kappa shape index (κ1) is 18.0. The van der Waals surface area contributed by atoms with Crippen molar-refractivity contribution in [2.24, 2.45) is 0 Å². The Morgan fingerprint density at radius 1 is 0.917 bits per heavy atom. The number of aliphatic hydroxyl groups excluding tert-OH is 1. The van der Waals surface area contributed by atoms with Gasteiger partial charge in [0.25, 0.3) is 0 Å². The van der Waals surface area contributed by atoms with Crippen LogP contribution in [0, 0.1) is 11.3 Å². The van der Waals surface area contributed by atoms with Crippen LogP contribution in [-0.2, 0) is 0 Å². The van der Waals surface area contributed by atoms with Crippen molar-refractivity contribution in [3.8, 4) is 22.9 Å². The van der Waals surface area contributed by atoms with E-state index in [0.29, 0.717) is 17.7 Å². The highest BCUT2D eigenvalue weighted by atomic mass is 16.6. The minimum Gasteiger partial charge on any atom is -0.465 e. The molecule has 0 aliphatic rings. The zero-order chi connectivity index (χ0) is 17.2. The highest BCUT2D eigenvalue weighted by Crippen LogP contribution is 2.23. The summed E-state index contributed by atoms with van der Waals surface area (Å²) in [5.74, 6) is 0.674. The zero-order valence-corrected chi connectivity index (χ0v) is 14.2. The Morgan fingerprint density at radius 2 is 1.50 bits per heavy atom. The lowest BCUT2D eigenvalue weighted by atomic mass is 10.0. The molecule has 0 aliphatic heterocycles. The summed E-state index contributed by atoms with van der Waals surface area (Å²) < 4.78 is 5.56. The van der Waals surface area contributed by atoms with Crippen LogP contribution in [0.3, 0.4) is 0 Å². The predicted molar refractivity (Wildman–Crippen MR) is 96.6 cm³/mol. The van der Waals surface area contributed by atoms with Crippen LogP contribution in [0.15, 0.2) is 48.5 Å². The van der Waals surface area contributed by atoms with Crippen molar-refractivity contribution < 1.29 is 9.84 Å². The topological polar surface area (TPSA) is 53.2 Å². The van der Waals surface area contributed by atoms with E-state index < -0.39 is 6.29 Å². The lowest BCUT2D eigenvalue weighted by molar-refractivity contribution is -0.0246. The van der Waals surface area contributed by atoms with E-state index in [9.17, 15) is 5.11 Å². The molecule has 2 rings (SSSR count). The second-order valence-corrected chi connectivity index (χ2v) is 5.99. The number of aliphatic hydroxyl groups is 1. The Kier molecular flexibility index (Phi) is 7.32. The Balaban J connectivity index is 1.84. The number of hydrogen-bond acceptors (Lipinski definition) is 3. The van der Waals surface area contributed by atoms with Gasteiger partial charge < -0.3 is 9.84 Å². The number of ether oxygens (including phenoxy) is 1. The third-order valence-electron chi connectivity index (χ3n) is 4.03. The maximum atomic E-state index is 9.95. The Hall–Kier alpha value is -2.31. The van der Waals surface area contributed by atoms with Gasteiger partial charge in [-0.25, -0.2) is 0 Å². The van der Waals surface area contributed by atoms with Crippen LogP contribution >= 0.6 is 0 Å². The van der Waals surface area contributed by atoms with Gasteiger partial charge in [0.1, 0.15) is 5.75 Å². The van der Waals surface area contributed by atoms with Crippen LogP contribution in [0.25, 0.3) is 11.1 Å². The second-order valence-electron chi connectivity index (χ2n) is 5.99. The van der Waals surface area contributed by atoms with Gasteiger partial charge in [0.2, 0.25) is 0 Å². The van der Waals surface area contributed by atoms with E-state index in [4.69, 9.17) is 10.00 Å². The van der Waals surface area contributed by atoms with E-state index in [2.05, 4.69) is 13.0 Å². The number of nitrogens with zero attached hydrogens (tertiary/aromatic N) is 1. The van der Waals surface area contributed by atoms with Crippen LogP contribution in [0.4, 0.5) is 0 Å². The predicted octanol–water partition coefficient (Wildman–Crippen LogP) is 5.28. The van der Waals surface area contributed by atoms with Crippen molar-refractivity contribution in [3.63, 3.8) is 0 Å². The molecule has 2 aromatic carbocycles. The van der Waals surface area contributed by atoms with Gasteiger partial charge in [-0.1, -0.05) is 56.9 Å². The summed E-state index contributed by atoms with van der Waals surface area (Å²) in [4.78, 5) is 0. The molecule has 1 atom stereocenters. The molecule has 0 aliphatic carbocycles. The monoisotopic (exact) mass is 323 g/mol. The molecule has 0 radical (unpaired) electrons. The first-order chi connectivity index (χ1) is 11.7. The number of hydrogen-bond donors (Lipinski definition) is 1. The number of rotatable bonds is 9. The van der Waals surface area contributed by atoms with E-state index in [0.717, 1.165) is 24.0 Å².